The molecule has 0 fully saturated rings. The van der Waals surface area contributed by atoms with Gasteiger partial charge in [-0.2, -0.15) is 0 Å². The number of unbranched alkanes of at least 4 members (excludes halogenated alkanes) is 8. The fourth-order valence-corrected chi connectivity index (χ4v) is 1.83. The molecule has 0 aromatic heterocycles. The topological polar surface area (TPSA) is 63.6 Å². The van der Waals surface area contributed by atoms with Crippen LogP contribution in [-0.2, 0) is 14.3 Å². The number of ether oxygens (including phenoxy) is 1. The van der Waals surface area contributed by atoms with Crippen molar-refractivity contribution >= 4 is 49.7 Å². The van der Waals surface area contributed by atoms with Crippen molar-refractivity contribution < 1.29 is 19.4 Å². The minimum atomic E-state index is -1.23. The van der Waals surface area contributed by atoms with Gasteiger partial charge >= 0.3 is 49.7 Å². The Balaban J connectivity index is 0. The average Bonchev–Trinajstić information content (AvgIpc) is 2.36. The van der Waals surface area contributed by atoms with E-state index in [0.29, 0.717) is 0 Å². The number of rotatable bonds is 11. The van der Waals surface area contributed by atoms with Crippen molar-refractivity contribution in [2.45, 2.75) is 84.2 Å². The van der Waals surface area contributed by atoms with Crippen LogP contribution in [0.15, 0.2) is 0 Å². The quantitative estimate of drug-likeness (QED) is 0.275. The number of hydrogen-bond acceptors (Lipinski definition) is 4. The van der Waals surface area contributed by atoms with Gasteiger partial charge in [0.05, 0.1) is 0 Å². The molecule has 0 amide bonds. The van der Waals surface area contributed by atoms with E-state index >= 15 is 0 Å². The van der Waals surface area contributed by atoms with E-state index < -0.39 is 18.0 Å². The predicted molar refractivity (Wildman–Crippen MR) is 83.2 cm³/mol. The van der Waals surface area contributed by atoms with E-state index in [4.69, 9.17) is 5.11 Å². The molecule has 0 bridgehead atoms. The fourth-order valence-electron chi connectivity index (χ4n) is 1.83. The Morgan fingerprint density at radius 1 is 0.950 bits per heavy atom. The van der Waals surface area contributed by atoms with Crippen LogP contribution < -0.4 is 0 Å². The summed E-state index contributed by atoms with van der Waals surface area (Å²) in [6.07, 6.45) is 9.60. The van der Waals surface area contributed by atoms with Gasteiger partial charge in [-0.1, -0.05) is 58.3 Å². The van der Waals surface area contributed by atoms with Crippen molar-refractivity contribution in [1.29, 1.82) is 0 Å². The standard InChI is InChI=1S/C15H28O4.Ca.2H/c1-3-4-5-6-7-8-9-10-11-12-14(17)19-15(18)13(2)16;;;/h13,16H,3-12H2,1-2H3;;;. The molecule has 0 radical (unpaired) electrons. The number of hydrogen-bond donors (Lipinski definition) is 1. The summed E-state index contributed by atoms with van der Waals surface area (Å²) in [6, 6.07) is 0. The molecule has 1 unspecified atom stereocenters. The first-order chi connectivity index (χ1) is 9.07. The summed E-state index contributed by atoms with van der Waals surface area (Å²) < 4.78 is 4.46. The van der Waals surface area contributed by atoms with Crippen molar-refractivity contribution in [2.24, 2.45) is 0 Å². The Labute approximate surface area is 152 Å². The van der Waals surface area contributed by atoms with Crippen LogP contribution in [0.5, 0.6) is 0 Å². The molecule has 20 heavy (non-hydrogen) atoms. The maximum atomic E-state index is 11.2. The zero-order chi connectivity index (χ0) is 14.5. The minimum absolute atomic E-state index is 0. The molecule has 5 heteroatoms. The number of aliphatic hydroxyl groups excluding tert-OH is 1. The van der Waals surface area contributed by atoms with Gasteiger partial charge in [0.25, 0.3) is 0 Å². The van der Waals surface area contributed by atoms with E-state index in [1.807, 2.05) is 0 Å². The molecule has 0 spiro atoms. The van der Waals surface area contributed by atoms with Gasteiger partial charge in [0.1, 0.15) is 6.10 Å². The normalized spacial score (nSPS) is 11.6. The van der Waals surface area contributed by atoms with Crippen LogP contribution in [0.1, 0.15) is 78.1 Å². The molecular weight excluding hydrogens is 284 g/mol. The van der Waals surface area contributed by atoms with Gasteiger partial charge in [-0.05, 0) is 13.3 Å². The van der Waals surface area contributed by atoms with Crippen molar-refractivity contribution in [3.63, 3.8) is 0 Å². The van der Waals surface area contributed by atoms with Crippen LogP contribution >= 0.6 is 0 Å². The number of esters is 2. The van der Waals surface area contributed by atoms with Gasteiger partial charge in [0, 0.05) is 6.42 Å². The molecule has 0 aliphatic heterocycles. The van der Waals surface area contributed by atoms with Crippen molar-refractivity contribution in [1.82, 2.24) is 0 Å². The molecule has 0 heterocycles. The molecule has 0 rings (SSSR count). The molecule has 0 aromatic rings. The predicted octanol–water partition coefficient (Wildman–Crippen LogP) is 2.44. The van der Waals surface area contributed by atoms with Crippen molar-refractivity contribution in [2.75, 3.05) is 0 Å². The third-order valence-electron chi connectivity index (χ3n) is 3.04. The van der Waals surface area contributed by atoms with Gasteiger partial charge in [-0.3, -0.25) is 4.79 Å². The first-order valence-corrected chi connectivity index (χ1v) is 7.50. The molecule has 1 atom stereocenters. The van der Waals surface area contributed by atoms with E-state index in [1.54, 1.807) is 0 Å². The summed E-state index contributed by atoms with van der Waals surface area (Å²) in [6.45, 7) is 3.50. The zero-order valence-corrected chi connectivity index (χ0v) is 12.3. The van der Waals surface area contributed by atoms with Crippen LogP contribution in [0.3, 0.4) is 0 Å². The van der Waals surface area contributed by atoms with E-state index in [2.05, 4.69) is 11.7 Å². The van der Waals surface area contributed by atoms with Crippen LogP contribution in [0.4, 0.5) is 0 Å². The molecule has 0 aromatic carbocycles. The molecule has 116 valence electrons. The second-order valence-corrected chi connectivity index (χ2v) is 5.05. The summed E-state index contributed by atoms with van der Waals surface area (Å²) in [5, 5.41) is 8.87. The second-order valence-electron chi connectivity index (χ2n) is 5.05. The first-order valence-electron chi connectivity index (χ1n) is 7.50. The summed E-state index contributed by atoms with van der Waals surface area (Å²) in [7, 11) is 0. The Bertz CT molecular complexity index is 254. The molecule has 4 nitrogen and oxygen atoms in total. The van der Waals surface area contributed by atoms with Gasteiger partial charge in [0.2, 0.25) is 0 Å². The SMILES string of the molecule is CCCCCCCCCCCC(=O)OC(=O)C(C)O.[CaH2]. The number of carbonyl (C=O) groups is 2. The fraction of sp³-hybridized carbons (Fsp3) is 0.867. The average molecular weight is 314 g/mol. The zero-order valence-electron chi connectivity index (χ0n) is 12.3. The summed E-state index contributed by atoms with van der Waals surface area (Å²) in [5.41, 5.74) is 0. The van der Waals surface area contributed by atoms with Gasteiger partial charge in [0.15, 0.2) is 0 Å². The van der Waals surface area contributed by atoms with E-state index in [1.165, 1.54) is 45.4 Å². The molecule has 0 aliphatic rings. The monoisotopic (exact) mass is 314 g/mol. The van der Waals surface area contributed by atoms with E-state index in [-0.39, 0.29) is 44.2 Å². The van der Waals surface area contributed by atoms with Crippen LogP contribution in [0.2, 0.25) is 0 Å². The van der Waals surface area contributed by atoms with E-state index in [9.17, 15) is 9.59 Å². The maximum absolute atomic E-state index is 11.2. The van der Waals surface area contributed by atoms with Crippen molar-refractivity contribution in [3.05, 3.63) is 0 Å². The van der Waals surface area contributed by atoms with Crippen LogP contribution in [0.25, 0.3) is 0 Å². The van der Waals surface area contributed by atoms with Crippen LogP contribution in [0, 0.1) is 0 Å². The summed E-state index contributed by atoms with van der Waals surface area (Å²) in [5.74, 6) is -1.39. The van der Waals surface area contributed by atoms with Gasteiger partial charge in [-0.15, -0.1) is 0 Å². The summed E-state index contributed by atoms with van der Waals surface area (Å²) in [4.78, 5) is 22.1. The molecular formula is C15H30CaO4. The molecule has 0 aliphatic carbocycles. The van der Waals surface area contributed by atoms with Gasteiger partial charge < -0.3 is 9.84 Å². The number of aliphatic hydroxyl groups is 1. The Hall–Kier alpha value is 0.360. The molecule has 0 saturated heterocycles. The third-order valence-corrected chi connectivity index (χ3v) is 3.04. The molecule has 0 saturated carbocycles. The Morgan fingerprint density at radius 3 is 1.85 bits per heavy atom. The number of carbonyl (C=O) groups excluding carboxylic acids is 2. The first kappa shape index (κ1) is 22.6. The van der Waals surface area contributed by atoms with E-state index in [0.717, 1.165) is 19.3 Å². The second kappa shape index (κ2) is 15.7. The summed E-state index contributed by atoms with van der Waals surface area (Å²) >= 11 is 0. The van der Waals surface area contributed by atoms with Crippen molar-refractivity contribution in [3.8, 4) is 0 Å². The van der Waals surface area contributed by atoms with Gasteiger partial charge in [-0.25, -0.2) is 4.79 Å². The Morgan fingerprint density at radius 2 is 1.40 bits per heavy atom. The van der Waals surface area contributed by atoms with Crippen LogP contribution in [-0.4, -0.2) is 60.9 Å². The third kappa shape index (κ3) is 14.8. The Kier molecular flexibility index (Phi) is 17.8. The molecule has 1 N–H and O–H groups in total.